The smallest absolute Gasteiger partial charge is 0.251 e. The molecule has 0 saturated carbocycles. The number of pyridine rings is 1. The number of ether oxygens (including phenoxy) is 1. The molecule has 0 amide bonds. The minimum atomic E-state index is -2.72. The number of amidine groups is 1. The largest absolute Gasteiger partial charge is 0.453 e. The summed E-state index contributed by atoms with van der Waals surface area (Å²) >= 11 is 1.33. The van der Waals surface area contributed by atoms with E-state index >= 15 is 4.39 Å². The van der Waals surface area contributed by atoms with Crippen molar-refractivity contribution in [2.24, 2.45) is 10.7 Å². The molecule has 1 atom stereocenters. The quantitative estimate of drug-likeness (QED) is 0.363. The monoisotopic (exact) mass is 500 g/mol. The summed E-state index contributed by atoms with van der Waals surface area (Å²) in [5.74, 6) is -3.12. The fraction of sp³-hybridized carbons (Fsp3) is 0.280. The zero-order valence-electron chi connectivity index (χ0n) is 18.4. The Hall–Kier alpha value is -3.27. The Balaban J connectivity index is 1.50. The molecule has 5 nitrogen and oxygen atoms in total. The van der Waals surface area contributed by atoms with Crippen LogP contribution in [0, 0.1) is 11.8 Å². The number of aliphatic imine (C=N–C) groups is 1. The van der Waals surface area contributed by atoms with Crippen LogP contribution in [0.4, 0.5) is 23.2 Å². The molecule has 2 N–H and O–H groups in total. The first kappa shape index (κ1) is 22.2. The SMILES string of the molecule is NC1=NC2(CS1)c1cc(-c3cccnc3F)ccc1Oc1c(F)cc(N3CCC(F)(F)CC3)cc12. The molecule has 3 aromatic rings. The van der Waals surface area contributed by atoms with Crippen molar-refractivity contribution < 1.29 is 22.3 Å². The number of hydrogen-bond donors (Lipinski definition) is 1. The van der Waals surface area contributed by atoms with E-state index < -0.39 is 23.2 Å². The molecule has 0 aliphatic carbocycles. The topological polar surface area (TPSA) is 63.7 Å². The number of hydrogen-bond acceptors (Lipinski definition) is 6. The van der Waals surface area contributed by atoms with Gasteiger partial charge in [0.1, 0.15) is 11.3 Å². The van der Waals surface area contributed by atoms with Crippen LogP contribution in [0.25, 0.3) is 11.1 Å². The van der Waals surface area contributed by atoms with Crippen LogP contribution in [-0.2, 0) is 5.54 Å². The molecule has 4 heterocycles. The van der Waals surface area contributed by atoms with Gasteiger partial charge in [-0.05, 0) is 35.9 Å². The van der Waals surface area contributed by atoms with Crippen LogP contribution in [-0.4, -0.2) is 34.9 Å². The molecule has 1 unspecified atom stereocenters. The van der Waals surface area contributed by atoms with Crippen LogP contribution in [0.1, 0.15) is 24.0 Å². The lowest BCUT2D eigenvalue weighted by molar-refractivity contribution is -0.0220. The Labute approximate surface area is 203 Å². The second-order valence-electron chi connectivity index (χ2n) is 8.90. The van der Waals surface area contributed by atoms with Gasteiger partial charge in [-0.15, -0.1) is 0 Å². The van der Waals surface area contributed by atoms with E-state index in [4.69, 9.17) is 15.5 Å². The van der Waals surface area contributed by atoms with Crippen molar-refractivity contribution in [3.05, 3.63) is 71.6 Å². The summed E-state index contributed by atoms with van der Waals surface area (Å²) in [6.45, 7) is 0.223. The molecular formula is C25H20F4N4OS. The van der Waals surface area contributed by atoms with Crippen molar-refractivity contribution in [1.82, 2.24) is 4.98 Å². The number of anilines is 1. The van der Waals surface area contributed by atoms with Crippen molar-refractivity contribution in [2.75, 3.05) is 23.7 Å². The lowest BCUT2D eigenvalue weighted by Gasteiger charge is -2.37. The number of alkyl halides is 2. The summed E-state index contributed by atoms with van der Waals surface area (Å²) in [5, 5.41) is 0.338. The molecule has 6 rings (SSSR count). The highest BCUT2D eigenvalue weighted by Crippen LogP contribution is 2.55. The zero-order valence-corrected chi connectivity index (χ0v) is 19.2. The Morgan fingerprint density at radius 1 is 1.03 bits per heavy atom. The lowest BCUT2D eigenvalue weighted by Crippen LogP contribution is -2.39. The van der Waals surface area contributed by atoms with Gasteiger partial charge in [0, 0.05) is 66.3 Å². The summed E-state index contributed by atoms with van der Waals surface area (Å²) in [6, 6.07) is 11.5. The minimum absolute atomic E-state index is 0.0305. The predicted octanol–water partition coefficient (Wildman–Crippen LogP) is 5.67. The van der Waals surface area contributed by atoms with Crippen molar-refractivity contribution in [3.63, 3.8) is 0 Å². The molecule has 1 aromatic heterocycles. The number of fused-ring (bicyclic) bond motifs is 4. The number of piperidine rings is 1. The highest BCUT2D eigenvalue weighted by Gasteiger charge is 2.47. The molecule has 1 fully saturated rings. The molecule has 3 aliphatic rings. The van der Waals surface area contributed by atoms with E-state index in [0.29, 0.717) is 44.6 Å². The fourth-order valence-corrected chi connectivity index (χ4v) is 5.89. The summed E-state index contributed by atoms with van der Waals surface area (Å²) < 4.78 is 63.3. The first-order valence-electron chi connectivity index (χ1n) is 11.1. The fourth-order valence-electron chi connectivity index (χ4n) is 4.94. The first-order valence-corrected chi connectivity index (χ1v) is 12.1. The maximum Gasteiger partial charge on any atom is 0.251 e. The van der Waals surface area contributed by atoms with Gasteiger partial charge in [0.25, 0.3) is 5.92 Å². The highest BCUT2D eigenvalue weighted by atomic mass is 32.2. The van der Waals surface area contributed by atoms with Crippen LogP contribution in [0.3, 0.4) is 0 Å². The molecular weight excluding hydrogens is 480 g/mol. The van der Waals surface area contributed by atoms with Crippen molar-refractivity contribution in [1.29, 1.82) is 0 Å². The summed E-state index contributed by atoms with van der Waals surface area (Å²) in [7, 11) is 0. The Morgan fingerprint density at radius 2 is 1.83 bits per heavy atom. The molecule has 180 valence electrons. The average molecular weight is 501 g/mol. The molecule has 35 heavy (non-hydrogen) atoms. The number of thioether (sulfide) groups is 1. The van der Waals surface area contributed by atoms with Gasteiger partial charge in [-0.1, -0.05) is 17.8 Å². The third kappa shape index (κ3) is 3.62. The van der Waals surface area contributed by atoms with Gasteiger partial charge in [-0.2, -0.15) is 4.39 Å². The third-order valence-corrected chi connectivity index (χ3v) is 7.72. The number of benzene rings is 2. The van der Waals surface area contributed by atoms with Crippen LogP contribution in [0.2, 0.25) is 0 Å². The van der Waals surface area contributed by atoms with Crippen LogP contribution in [0.15, 0.2) is 53.7 Å². The second kappa shape index (κ2) is 7.87. The van der Waals surface area contributed by atoms with Crippen molar-refractivity contribution in [2.45, 2.75) is 24.3 Å². The van der Waals surface area contributed by atoms with E-state index in [2.05, 4.69) is 4.98 Å². The van der Waals surface area contributed by atoms with E-state index in [-0.39, 0.29) is 31.7 Å². The number of halogens is 4. The van der Waals surface area contributed by atoms with Crippen LogP contribution < -0.4 is 15.4 Å². The van der Waals surface area contributed by atoms with Crippen molar-refractivity contribution >= 4 is 22.6 Å². The summed E-state index contributed by atoms with van der Waals surface area (Å²) in [6.07, 6.45) is 0.784. The summed E-state index contributed by atoms with van der Waals surface area (Å²) in [5.41, 5.74) is 7.49. The number of nitrogens with two attached hydrogens (primary N) is 1. The Bertz CT molecular complexity index is 1370. The summed E-state index contributed by atoms with van der Waals surface area (Å²) in [4.78, 5) is 10.2. The van der Waals surface area contributed by atoms with Crippen LogP contribution >= 0.6 is 11.8 Å². The molecule has 2 aromatic carbocycles. The van der Waals surface area contributed by atoms with Gasteiger partial charge < -0.3 is 15.4 Å². The van der Waals surface area contributed by atoms with Gasteiger partial charge in [-0.25, -0.2) is 23.1 Å². The number of nitrogens with zero attached hydrogens (tertiary/aromatic N) is 3. The second-order valence-corrected chi connectivity index (χ2v) is 9.90. The number of aromatic nitrogens is 1. The van der Waals surface area contributed by atoms with Crippen LogP contribution in [0.5, 0.6) is 11.5 Å². The zero-order chi connectivity index (χ0) is 24.4. The maximum atomic E-state index is 15.4. The standard InChI is InChI=1S/C25H20F4N4OS/c26-19-12-15(33-8-5-24(28,29)6-9-33)11-18-21(19)34-20-4-3-14(16-2-1-7-31-22(16)27)10-17(20)25(18)13-35-23(30)32-25/h1-4,7,10-12H,5-6,8-9,13H2,(H2,30,32). The normalized spacial score (nSPS) is 22.4. The van der Waals surface area contributed by atoms with E-state index in [1.807, 2.05) is 0 Å². The van der Waals surface area contributed by atoms with Gasteiger partial charge in [-0.3, -0.25) is 0 Å². The van der Waals surface area contributed by atoms with Gasteiger partial charge in [0.2, 0.25) is 5.95 Å². The predicted molar refractivity (Wildman–Crippen MR) is 127 cm³/mol. The molecule has 0 bridgehead atoms. The Kier molecular flexibility index (Phi) is 5.00. The molecule has 3 aliphatic heterocycles. The van der Waals surface area contributed by atoms with Gasteiger partial charge in [0.05, 0.1) is 0 Å². The highest BCUT2D eigenvalue weighted by molar-refractivity contribution is 8.14. The molecule has 0 radical (unpaired) electrons. The van der Waals surface area contributed by atoms with Gasteiger partial charge >= 0.3 is 0 Å². The minimum Gasteiger partial charge on any atom is -0.453 e. The van der Waals surface area contributed by atoms with E-state index in [0.717, 1.165) is 0 Å². The molecule has 1 saturated heterocycles. The first-order chi connectivity index (χ1) is 16.8. The molecule has 10 heteroatoms. The third-order valence-electron chi connectivity index (χ3n) is 6.77. The Morgan fingerprint density at radius 3 is 2.54 bits per heavy atom. The van der Waals surface area contributed by atoms with E-state index in [9.17, 15) is 13.2 Å². The maximum absolute atomic E-state index is 15.4. The average Bonchev–Trinajstić information content (AvgIpc) is 3.22. The number of rotatable bonds is 2. The van der Waals surface area contributed by atoms with E-state index in [1.54, 1.807) is 41.3 Å². The molecule has 1 spiro atoms. The lowest BCUT2D eigenvalue weighted by atomic mass is 9.80. The van der Waals surface area contributed by atoms with Crippen molar-refractivity contribution in [3.8, 4) is 22.6 Å². The van der Waals surface area contributed by atoms with E-state index in [1.165, 1.54) is 24.0 Å². The van der Waals surface area contributed by atoms with Gasteiger partial charge in [0.15, 0.2) is 16.7 Å².